The molecule has 19 amide bonds. The number of fused-ring (bicyclic) bond motifs is 1. The van der Waals surface area contributed by atoms with Gasteiger partial charge in [0.1, 0.15) is 102 Å². The number of carboxylic acid groups (broad SMARTS) is 1. The highest BCUT2D eigenvalue weighted by Crippen LogP contribution is 2.24. The molecular formula is C91H156N22O21S2. The van der Waals surface area contributed by atoms with E-state index in [2.05, 4.69) is 95.7 Å². The summed E-state index contributed by atoms with van der Waals surface area (Å²) in [5, 5.41) is 57.7. The van der Waals surface area contributed by atoms with Gasteiger partial charge in [0, 0.05) is 23.8 Å². The minimum atomic E-state index is -1.57. The second-order valence-corrected chi connectivity index (χ2v) is 38.7. The molecule has 3 aliphatic heterocycles. The third-order valence-electron chi connectivity index (χ3n) is 24.6. The van der Waals surface area contributed by atoms with Crippen molar-refractivity contribution in [3.8, 4) is 0 Å². The number of amides is 19. The Morgan fingerprint density at radius 2 is 0.971 bits per heavy atom. The largest absolute Gasteiger partial charge is 0.480 e. The minimum Gasteiger partial charge on any atom is -0.480 e. The standard InChI is InChI=1S/C91H156N22O21S2/c1-20-49(14)69(111-89(131)73(53(18)24-5)112-85(127)68(48(12)13)106-65(114)41-95-83(125)67(47(10)11)108-80(122)61-43-135-39-35-55(94)75(117)99-57(26-7)90(132)113-38-31-34-64(113)82(124)102-60(40-46(8)9)78(120)104-61)84(126)96-42-66(115)107-70(50(15)21-2)86(128)98-56(25-6)76(118)97-54(19)74(116)103-63-45-136-44-62(79(121)101-59(91(133)134)33-28-30-37-93)105-88(130)72(52(17)23-4)109-77(119)58(32-27-29-36-92)100-87(129)71(51(16)22-3)110-81(63)123/h25-26,46-55,58-64,67-73H,20-24,27-45,92-94H2,1-19H3,(H,95,125)(H,96,126)(H,97,118)(H,98,128)(H,99,117)(H,100,129)(H,101,121)(H,102,124)(H,103,116)(H,104,120)(H,105,130)(H,106,114)(H,107,115)(H,108,122)(H,109,119)(H,110,123)(H,111,131)(H,112,127)(H,133,134)/b56-25-,57-26-. The van der Waals surface area contributed by atoms with Crippen LogP contribution in [0.15, 0.2) is 23.5 Å². The third kappa shape index (κ3) is 38.8. The van der Waals surface area contributed by atoms with Crippen molar-refractivity contribution in [1.82, 2.24) is 101 Å². The molecule has 768 valence electrons. The lowest BCUT2D eigenvalue weighted by Gasteiger charge is -2.31. The smallest absolute Gasteiger partial charge is 0.326 e. The van der Waals surface area contributed by atoms with Gasteiger partial charge in [0.2, 0.25) is 100 Å². The summed E-state index contributed by atoms with van der Waals surface area (Å²) in [5.74, 6) is -21.6. The SMILES string of the molecule is C/C=C(\NC(=O)C(NC(=O)CNC(=O)C(NC(=O)C(NC(=O)C(NC(=O)CNC(=O)C(NC(=O)C1CSCCC(N)C(=O)N/C(=C\C)C(=O)N2CCCC2C(=O)NC(CC(C)C)C(=O)N1)C(C)C)C(C)C)C(C)CC)C(C)CC)C(C)CC)C(=O)NC(C)C(=O)NC1CSCC(C(=O)NC(CCCCN)C(=O)O)NC(=O)C(C(C)CC)NC(=O)C(CCCCN)NC(=O)C(C(C)CC)NC1=O. The first-order chi connectivity index (χ1) is 64.1. The Labute approximate surface area is 807 Å². The van der Waals surface area contributed by atoms with E-state index in [9.17, 15) is 101 Å². The average molecular weight is 1960 g/mol. The molecule has 0 aromatic rings. The van der Waals surface area contributed by atoms with Gasteiger partial charge in [-0.3, -0.25) is 91.1 Å². The fraction of sp³-hybridized carbons (Fsp3) is 0.736. The van der Waals surface area contributed by atoms with Crippen LogP contribution in [0.3, 0.4) is 0 Å². The van der Waals surface area contributed by atoms with E-state index in [1.165, 1.54) is 42.7 Å². The predicted molar refractivity (Wildman–Crippen MR) is 514 cm³/mol. The maximum absolute atomic E-state index is 14.7. The van der Waals surface area contributed by atoms with Gasteiger partial charge in [0.15, 0.2) is 0 Å². The number of nitrogens with one attached hydrogen (secondary N) is 18. The molecule has 21 atom stereocenters. The highest BCUT2D eigenvalue weighted by atomic mass is 32.2. The van der Waals surface area contributed by atoms with Crippen LogP contribution in [0.25, 0.3) is 0 Å². The van der Waals surface area contributed by atoms with Gasteiger partial charge in [-0.15, -0.1) is 0 Å². The van der Waals surface area contributed by atoms with Gasteiger partial charge in [-0.05, 0) is 151 Å². The normalized spacial score (nSPS) is 22.9. The molecule has 0 saturated carbocycles. The summed E-state index contributed by atoms with van der Waals surface area (Å²) in [6.45, 7) is 30.8. The van der Waals surface area contributed by atoms with Gasteiger partial charge in [-0.1, -0.05) is 155 Å². The van der Waals surface area contributed by atoms with Gasteiger partial charge in [0.25, 0.3) is 11.8 Å². The number of allylic oxidation sites excluding steroid dienone is 2. The number of carboxylic acids is 1. The quantitative estimate of drug-likeness (QED) is 0.0236. The first-order valence-electron chi connectivity index (χ1n) is 47.7. The van der Waals surface area contributed by atoms with Gasteiger partial charge in [-0.25, -0.2) is 4.79 Å². The summed E-state index contributed by atoms with van der Waals surface area (Å²) in [6, 6.07) is -21.0. The summed E-state index contributed by atoms with van der Waals surface area (Å²) in [4.78, 5) is 283. The summed E-state index contributed by atoms with van der Waals surface area (Å²) in [6.07, 6.45) is 6.86. The van der Waals surface area contributed by atoms with Crippen LogP contribution in [-0.2, 0) is 95.9 Å². The summed E-state index contributed by atoms with van der Waals surface area (Å²) >= 11 is 2.05. The first kappa shape index (κ1) is 120. The van der Waals surface area contributed by atoms with Crippen LogP contribution in [0.1, 0.15) is 228 Å². The van der Waals surface area contributed by atoms with Crippen molar-refractivity contribution in [2.24, 2.45) is 64.5 Å². The number of rotatable bonds is 45. The van der Waals surface area contributed by atoms with E-state index >= 15 is 0 Å². The molecule has 136 heavy (non-hydrogen) atoms. The van der Waals surface area contributed by atoms with E-state index < -0.39 is 275 Å². The van der Waals surface area contributed by atoms with E-state index in [1.807, 2.05) is 13.8 Å². The number of carbonyl (C=O) groups excluding carboxylic acids is 19. The van der Waals surface area contributed by atoms with Crippen LogP contribution in [0, 0.1) is 47.3 Å². The lowest BCUT2D eigenvalue weighted by Crippen LogP contribution is -2.62. The second-order valence-electron chi connectivity index (χ2n) is 36.5. The van der Waals surface area contributed by atoms with Crippen molar-refractivity contribution in [2.45, 2.75) is 325 Å². The Balaban J connectivity index is 1.82. The molecule has 0 bridgehead atoms. The van der Waals surface area contributed by atoms with Crippen molar-refractivity contribution in [1.29, 1.82) is 0 Å². The van der Waals surface area contributed by atoms with Crippen molar-refractivity contribution >= 4 is 142 Å². The lowest BCUT2D eigenvalue weighted by molar-refractivity contribution is -0.142. The van der Waals surface area contributed by atoms with E-state index in [4.69, 9.17) is 17.2 Å². The van der Waals surface area contributed by atoms with Crippen molar-refractivity contribution in [2.75, 3.05) is 55.7 Å². The van der Waals surface area contributed by atoms with Gasteiger partial charge in [-0.2, -0.15) is 23.5 Å². The van der Waals surface area contributed by atoms with Crippen molar-refractivity contribution < 1.29 is 101 Å². The number of thioether (sulfide) groups is 2. The van der Waals surface area contributed by atoms with Gasteiger partial charge >= 0.3 is 5.97 Å². The molecule has 0 aromatic heterocycles. The molecule has 25 N–H and O–H groups in total. The van der Waals surface area contributed by atoms with Crippen LogP contribution in [0.5, 0.6) is 0 Å². The molecule has 45 heteroatoms. The highest BCUT2D eigenvalue weighted by Gasteiger charge is 2.43. The summed E-state index contributed by atoms with van der Waals surface area (Å²) in [5.41, 5.74) is 17.3. The van der Waals surface area contributed by atoms with Crippen LogP contribution >= 0.6 is 23.5 Å². The number of hydrogen-bond acceptors (Lipinski definition) is 25. The zero-order chi connectivity index (χ0) is 103. The van der Waals surface area contributed by atoms with Crippen LogP contribution in [0.2, 0.25) is 0 Å². The Hall–Kier alpha value is -10.5. The topological polar surface area (TPSA) is 659 Å². The molecular weight excluding hydrogens is 1800 g/mol. The van der Waals surface area contributed by atoms with E-state index in [-0.39, 0.29) is 92.8 Å². The average Bonchev–Trinajstić information content (AvgIpc) is 1.67. The summed E-state index contributed by atoms with van der Waals surface area (Å²) in [7, 11) is 0. The van der Waals surface area contributed by atoms with E-state index in [0.29, 0.717) is 57.8 Å². The molecule has 0 spiro atoms. The van der Waals surface area contributed by atoms with Gasteiger partial charge in [0.05, 0.1) is 19.1 Å². The Morgan fingerprint density at radius 3 is 1.49 bits per heavy atom. The maximum atomic E-state index is 14.7. The molecule has 3 fully saturated rings. The Morgan fingerprint density at radius 1 is 0.493 bits per heavy atom. The number of unbranched alkanes of at least 4 members (excludes halogenated alkanes) is 2. The van der Waals surface area contributed by atoms with E-state index in [0.717, 1.165) is 11.8 Å². The lowest BCUT2D eigenvalue weighted by atomic mass is 9.94. The van der Waals surface area contributed by atoms with E-state index in [1.54, 1.807) is 104 Å². The number of nitrogens with two attached hydrogens (primary N) is 3. The number of aliphatic carboxylic acids is 1. The van der Waals surface area contributed by atoms with Crippen LogP contribution < -0.4 is 113 Å². The van der Waals surface area contributed by atoms with Crippen molar-refractivity contribution in [3.63, 3.8) is 0 Å². The fourth-order valence-corrected chi connectivity index (χ4v) is 16.9. The summed E-state index contributed by atoms with van der Waals surface area (Å²) < 4.78 is 0. The van der Waals surface area contributed by atoms with Crippen LogP contribution in [-0.4, -0.2) is 281 Å². The maximum Gasteiger partial charge on any atom is 0.326 e. The molecule has 3 heterocycles. The molecule has 0 aromatic carbocycles. The third-order valence-corrected chi connectivity index (χ3v) is 26.8. The molecule has 0 radical (unpaired) electrons. The monoisotopic (exact) mass is 1960 g/mol. The number of nitrogens with zero attached hydrogens (tertiary/aromatic N) is 1. The molecule has 0 aliphatic carbocycles. The zero-order valence-corrected chi connectivity index (χ0v) is 84.2. The molecule has 3 aliphatic rings. The van der Waals surface area contributed by atoms with Gasteiger partial charge < -0.3 is 123 Å². The van der Waals surface area contributed by atoms with Crippen LogP contribution in [0.4, 0.5) is 0 Å². The van der Waals surface area contributed by atoms with Crippen molar-refractivity contribution in [3.05, 3.63) is 23.5 Å². The first-order valence-corrected chi connectivity index (χ1v) is 50.0. The fourth-order valence-electron chi connectivity index (χ4n) is 14.8. The minimum absolute atomic E-state index is 0.0130. The highest BCUT2D eigenvalue weighted by molar-refractivity contribution is 7.99. The second kappa shape index (κ2) is 60.9. The zero-order valence-electron chi connectivity index (χ0n) is 82.6. The number of hydrogen-bond donors (Lipinski definition) is 22. The molecule has 43 nitrogen and oxygen atoms in total. The number of carbonyl (C=O) groups is 20. The molecule has 21 unspecified atom stereocenters. The predicted octanol–water partition coefficient (Wildman–Crippen LogP) is -1.80. The Bertz CT molecular complexity index is 4160. The Kier molecular flexibility index (Phi) is 53.6. The molecule has 3 rings (SSSR count). The molecule has 3 saturated heterocycles.